The third-order valence-corrected chi connectivity index (χ3v) is 8.18. The number of pyridine rings is 2. The fraction of sp³-hybridized carbons (Fsp3) is 0.382. The molecule has 8 heteroatoms. The van der Waals surface area contributed by atoms with Crippen LogP contribution in [0.1, 0.15) is 66.8 Å². The number of likely N-dealkylation sites (N-methyl/N-ethyl adjacent to an activating group) is 1. The van der Waals surface area contributed by atoms with E-state index in [1.165, 1.54) is 32.1 Å². The van der Waals surface area contributed by atoms with Crippen LogP contribution in [0.3, 0.4) is 0 Å². The molecule has 0 spiro atoms. The monoisotopic (exact) mass is 566 g/mol. The molecular formula is C34H46N8. The summed E-state index contributed by atoms with van der Waals surface area (Å²) in [6, 6.07) is 12.1. The SMILES string of the molecule is C=C(Nc1cc(C)ccn1)c1ccc(C(=N)c2c(N)ncc(/C=C/CN(C)CCNC(C)C3CCCCC3)c2N)cc1. The molecule has 0 radical (unpaired) electrons. The predicted octanol–water partition coefficient (Wildman–Crippen LogP) is 5.95. The average Bonchev–Trinajstić information content (AvgIpc) is 2.98. The summed E-state index contributed by atoms with van der Waals surface area (Å²) in [7, 11) is 2.12. The Morgan fingerprint density at radius 3 is 2.55 bits per heavy atom. The zero-order valence-electron chi connectivity index (χ0n) is 25.3. The number of nitrogen functional groups attached to an aromatic ring is 2. The standard InChI is InChI=1S/C34H46N8/c1-23-16-17-39-30(21-23)41-25(3)27-12-14-28(15-13-27)32(35)31-33(36)29(22-40-34(31)37)11-8-19-42(4)20-18-38-24(2)26-9-6-5-7-10-26/h8,11-17,21-22,24,26,35,38H,3,5-7,9-10,18-20H2,1-2,4H3,(H,39,41)(H4,36,37,40)/b11-8+,35-32?. The lowest BCUT2D eigenvalue weighted by molar-refractivity contribution is 0.270. The van der Waals surface area contributed by atoms with Crippen molar-refractivity contribution in [1.82, 2.24) is 20.2 Å². The van der Waals surface area contributed by atoms with Crippen LogP contribution >= 0.6 is 0 Å². The van der Waals surface area contributed by atoms with Gasteiger partial charge in [-0.1, -0.05) is 62.3 Å². The summed E-state index contributed by atoms with van der Waals surface area (Å²) in [6.07, 6.45) is 14.3. The average molecular weight is 567 g/mol. The summed E-state index contributed by atoms with van der Waals surface area (Å²) in [4.78, 5) is 11.0. The van der Waals surface area contributed by atoms with Crippen LogP contribution in [0.5, 0.6) is 0 Å². The van der Waals surface area contributed by atoms with E-state index < -0.39 is 0 Å². The maximum atomic E-state index is 8.87. The van der Waals surface area contributed by atoms with Crippen LogP contribution in [0, 0.1) is 18.3 Å². The maximum Gasteiger partial charge on any atom is 0.134 e. The molecular weight excluding hydrogens is 520 g/mol. The van der Waals surface area contributed by atoms with Gasteiger partial charge in [-0.2, -0.15) is 0 Å². The Balaban J connectivity index is 1.33. The minimum atomic E-state index is 0.230. The quantitative estimate of drug-likeness (QED) is 0.162. The molecule has 42 heavy (non-hydrogen) atoms. The largest absolute Gasteiger partial charge is 0.398 e. The molecule has 2 heterocycles. The van der Waals surface area contributed by atoms with E-state index >= 15 is 0 Å². The van der Waals surface area contributed by atoms with Crippen LogP contribution in [0.2, 0.25) is 0 Å². The molecule has 0 bridgehead atoms. The third-order valence-electron chi connectivity index (χ3n) is 8.18. The summed E-state index contributed by atoms with van der Waals surface area (Å²) < 4.78 is 0. The van der Waals surface area contributed by atoms with Crippen LogP contribution in [-0.2, 0) is 0 Å². The minimum Gasteiger partial charge on any atom is -0.398 e. The fourth-order valence-electron chi connectivity index (χ4n) is 5.50. The van der Waals surface area contributed by atoms with E-state index in [1.807, 2.05) is 49.4 Å². The number of benzene rings is 1. The molecule has 1 aliphatic rings. The number of rotatable bonds is 13. The van der Waals surface area contributed by atoms with Gasteiger partial charge < -0.3 is 27.0 Å². The highest BCUT2D eigenvalue weighted by atomic mass is 15.1. The molecule has 1 unspecified atom stereocenters. The normalized spacial score (nSPS) is 14.8. The molecule has 7 N–H and O–H groups in total. The van der Waals surface area contributed by atoms with Gasteiger partial charge in [0.05, 0.1) is 17.0 Å². The van der Waals surface area contributed by atoms with Crippen molar-refractivity contribution in [1.29, 1.82) is 5.41 Å². The van der Waals surface area contributed by atoms with Gasteiger partial charge >= 0.3 is 0 Å². The Labute approximate surface area is 250 Å². The number of nitrogens with one attached hydrogen (secondary N) is 3. The molecule has 4 rings (SSSR count). The van der Waals surface area contributed by atoms with E-state index in [2.05, 4.69) is 52.1 Å². The Bertz CT molecular complexity index is 1390. The molecule has 1 atom stereocenters. The van der Waals surface area contributed by atoms with Crippen LogP contribution < -0.4 is 22.1 Å². The first-order chi connectivity index (χ1) is 20.2. The van der Waals surface area contributed by atoms with Gasteiger partial charge in [-0.05, 0) is 62.9 Å². The Hall–Kier alpha value is -4.01. The van der Waals surface area contributed by atoms with E-state index in [-0.39, 0.29) is 11.5 Å². The summed E-state index contributed by atoms with van der Waals surface area (Å²) in [6.45, 7) is 11.2. The Morgan fingerprint density at radius 2 is 1.83 bits per heavy atom. The van der Waals surface area contributed by atoms with Crippen LogP contribution in [0.15, 0.2) is 61.4 Å². The van der Waals surface area contributed by atoms with Gasteiger partial charge in [0, 0.05) is 54.9 Å². The van der Waals surface area contributed by atoms with E-state index in [9.17, 15) is 0 Å². The van der Waals surface area contributed by atoms with Crippen LogP contribution in [-0.4, -0.2) is 53.3 Å². The van der Waals surface area contributed by atoms with Crippen molar-refractivity contribution >= 4 is 34.8 Å². The van der Waals surface area contributed by atoms with E-state index in [0.717, 1.165) is 53.8 Å². The Morgan fingerprint density at radius 1 is 1.12 bits per heavy atom. The lowest BCUT2D eigenvalue weighted by Crippen LogP contribution is -2.39. The lowest BCUT2D eigenvalue weighted by atomic mass is 9.84. The molecule has 1 fully saturated rings. The summed E-state index contributed by atoms with van der Waals surface area (Å²) in [5.74, 6) is 1.79. The molecule has 0 amide bonds. The first-order valence-electron chi connectivity index (χ1n) is 14.9. The van der Waals surface area contributed by atoms with Gasteiger partial charge in [-0.15, -0.1) is 0 Å². The zero-order chi connectivity index (χ0) is 30.1. The van der Waals surface area contributed by atoms with Crippen LogP contribution in [0.4, 0.5) is 17.3 Å². The van der Waals surface area contributed by atoms with Crippen molar-refractivity contribution in [3.63, 3.8) is 0 Å². The molecule has 222 valence electrons. The molecule has 0 saturated heterocycles. The van der Waals surface area contributed by atoms with Crippen molar-refractivity contribution in [2.75, 3.05) is 43.5 Å². The topological polar surface area (TPSA) is 129 Å². The number of hydrogen-bond acceptors (Lipinski definition) is 8. The smallest absolute Gasteiger partial charge is 0.134 e. The van der Waals surface area contributed by atoms with E-state index in [4.69, 9.17) is 16.9 Å². The summed E-state index contributed by atoms with van der Waals surface area (Å²) in [5, 5.41) is 15.8. The molecule has 1 aliphatic carbocycles. The zero-order valence-corrected chi connectivity index (χ0v) is 25.3. The summed E-state index contributed by atoms with van der Waals surface area (Å²) in [5.41, 5.74) is 18.0. The molecule has 2 aromatic heterocycles. The second-order valence-electron chi connectivity index (χ2n) is 11.5. The molecule has 3 aromatic rings. The van der Waals surface area contributed by atoms with E-state index in [0.29, 0.717) is 22.9 Å². The van der Waals surface area contributed by atoms with Crippen molar-refractivity contribution in [3.8, 4) is 0 Å². The first kappa shape index (κ1) is 30.9. The van der Waals surface area contributed by atoms with Gasteiger partial charge in [0.2, 0.25) is 0 Å². The molecule has 1 saturated carbocycles. The van der Waals surface area contributed by atoms with Gasteiger partial charge in [-0.25, -0.2) is 9.97 Å². The van der Waals surface area contributed by atoms with Crippen molar-refractivity contribution in [3.05, 3.63) is 89.3 Å². The first-order valence-corrected chi connectivity index (χ1v) is 14.9. The number of nitrogens with zero attached hydrogens (tertiary/aromatic N) is 3. The minimum absolute atomic E-state index is 0.230. The predicted molar refractivity (Wildman–Crippen MR) is 178 cm³/mol. The van der Waals surface area contributed by atoms with Gasteiger partial charge in [0.25, 0.3) is 0 Å². The Kier molecular flexibility index (Phi) is 10.9. The highest BCUT2D eigenvalue weighted by Crippen LogP contribution is 2.27. The number of anilines is 3. The molecule has 1 aromatic carbocycles. The fourth-order valence-corrected chi connectivity index (χ4v) is 5.50. The number of aryl methyl sites for hydroxylation is 1. The lowest BCUT2D eigenvalue weighted by Gasteiger charge is -2.29. The second kappa shape index (κ2) is 14.8. The molecule has 8 nitrogen and oxygen atoms in total. The van der Waals surface area contributed by atoms with Crippen molar-refractivity contribution in [2.24, 2.45) is 5.92 Å². The number of aromatic nitrogens is 2. The maximum absolute atomic E-state index is 8.87. The molecule has 0 aliphatic heterocycles. The van der Waals surface area contributed by atoms with Gasteiger partial charge in [0.1, 0.15) is 11.6 Å². The highest BCUT2D eigenvalue weighted by molar-refractivity contribution is 6.17. The third kappa shape index (κ3) is 8.27. The van der Waals surface area contributed by atoms with Crippen molar-refractivity contribution in [2.45, 2.75) is 52.0 Å². The van der Waals surface area contributed by atoms with E-state index in [1.54, 1.807) is 12.4 Å². The highest BCUT2D eigenvalue weighted by Gasteiger charge is 2.19. The second-order valence-corrected chi connectivity index (χ2v) is 11.5. The van der Waals surface area contributed by atoms with Crippen molar-refractivity contribution < 1.29 is 0 Å². The summed E-state index contributed by atoms with van der Waals surface area (Å²) >= 11 is 0. The van der Waals surface area contributed by atoms with Gasteiger partial charge in [-0.3, -0.25) is 5.41 Å². The number of nitrogens with two attached hydrogens (primary N) is 2. The van der Waals surface area contributed by atoms with Crippen LogP contribution in [0.25, 0.3) is 11.8 Å². The number of hydrogen-bond donors (Lipinski definition) is 5. The van der Waals surface area contributed by atoms with Gasteiger partial charge in [0.15, 0.2) is 0 Å².